The molecule has 1 fully saturated rings. The monoisotopic (exact) mass is 457 g/mol. The molecule has 0 aliphatic carbocycles. The van der Waals surface area contributed by atoms with E-state index in [9.17, 15) is 14.7 Å². The smallest absolute Gasteiger partial charge is 0.300 e. The molecular weight excluding hydrogens is 438 g/mol. The lowest BCUT2D eigenvalue weighted by atomic mass is 9.98. The van der Waals surface area contributed by atoms with Gasteiger partial charge in [-0.15, -0.1) is 0 Å². The number of amides is 1. The average Bonchev–Trinajstić information content (AvgIpc) is 3.60. The Balaban J connectivity index is 1.63. The molecule has 170 valence electrons. The lowest BCUT2D eigenvalue weighted by Gasteiger charge is -2.23. The van der Waals surface area contributed by atoms with Crippen molar-refractivity contribution in [1.82, 2.24) is 10.3 Å². The minimum absolute atomic E-state index is 0.0796. The lowest BCUT2D eigenvalue weighted by Crippen LogP contribution is -2.29. The minimum atomic E-state index is -0.975. The number of ketones is 1. The summed E-state index contributed by atoms with van der Waals surface area (Å²) in [6, 6.07) is 15.8. The zero-order chi connectivity index (χ0) is 23.8. The number of hydrogen-bond donors (Lipinski definition) is 1. The molecule has 0 saturated carbocycles. The fraction of sp³-hybridized carbons (Fsp3) is 0.120. The zero-order valence-electron chi connectivity index (χ0n) is 18.3. The summed E-state index contributed by atoms with van der Waals surface area (Å²) in [5.74, 6) is -0.817. The topological polar surface area (TPSA) is 119 Å². The largest absolute Gasteiger partial charge is 0.507 e. The van der Waals surface area contributed by atoms with E-state index in [0.717, 1.165) is 5.56 Å². The van der Waals surface area contributed by atoms with Crippen LogP contribution in [0.1, 0.15) is 23.1 Å². The quantitative estimate of drug-likeness (QED) is 0.268. The maximum Gasteiger partial charge on any atom is 0.300 e. The molecule has 2 aromatic heterocycles. The maximum absolute atomic E-state index is 13.2. The molecule has 0 radical (unpaired) electrons. The van der Waals surface area contributed by atoms with Crippen molar-refractivity contribution in [2.24, 2.45) is 0 Å². The highest BCUT2D eigenvalue weighted by Crippen LogP contribution is 2.42. The Labute approximate surface area is 193 Å². The summed E-state index contributed by atoms with van der Waals surface area (Å²) in [4.78, 5) is 27.6. The second-order valence-electron chi connectivity index (χ2n) is 7.69. The molecule has 1 aliphatic rings. The maximum atomic E-state index is 13.2. The van der Waals surface area contributed by atoms with E-state index in [1.807, 2.05) is 0 Å². The SMILES string of the molecule is COc1ccc(C(O)=C2C(=O)C(=O)N(c3ccc(-c4ccon4)cc3)C2c2cc(C)on2)cc1. The molecule has 1 amide bonds. The fourth-order valence-corrected chi connectivity index (χ4v) is 3.95. The number of benzene rings is 2. The first kappa shape index (κ1) is 21.2. The van der Waals surface area contributed by atoms with Crippen molar-refractivity contribution in [2.45, 2.75) is 13.0 Å². The number of aryl methyl sites for hydroxylation is 1. The highest BCUT2D eigenvalue weighted by atomic mass is 16.5. The van der Waals surface area contributed by atoms with Crippen LogP contribution in [0.4, 0.5) is 5.69 Å². The highest BCUT2D eigenvalue weighted by molar-refractivity contribution is 6.51. The molecule has 1 N–H and O–H groups in total. The lowest BCUT2D eigenvalue weighted by molar-refractivity contribution is -0.132. The van der Waals surface area contributed by atoms with Gasteiger partial charge in [-0.25, -0.2) is 0 Å². The summed E-state index contributed by atoms with van der Waals surface area (Å²) in [6.45, 7) is 1.71. The van der Waals surface area contributed by atoms with Crippen molar-refractivity contribution in [1.29, 1.82) is 0 Å². The van der Waals surface area contributed by atoms with Gasteiger partial charge in [0.05, 0.1) is 12.7 Å². The van der Waals surface area contributed by atoms with Crippen LogP contribution in [0.5, 0.6) is 5.75 Å². The first-order valence-electron chi connectivity index (χ1n) is 10.4. The van der Waals surface area contributed by atoms with Gasteiger partial charge in [0.2, 0.25) is 0 Å². The summed E-state index contributed by atoms with van der Waals surface area (Å²) in [5, 5.41) is 19.1. The number of nitrogens with zero attached hydrogens (tertiary/aromatic N) is 3. The van der Waals surface area contributed by atoms with Gasteiger partial charge in [0, 0.05) is 28.9 Å². The molecule has 2 aromatic carbocycles. The second-order valence-corrected chi connectivity index (χ2v) is 7.69. The number of ether oxygens (including phenoxy) is 1. The van der Waals surface area contributed by atoms with Gasteiger partial charge >= 0.3 is 0 Å². The number of Topliss-reactive ketones (excluding diaryl/α,β-unsaturated/α-hetero) is 1. The molecule has 1 unspecified atom stereocenters. The van der Waals surface area contributed by atoms with Crippen LogP contribution in [0.25, 0.3) is 17.0 Å². The Bertz CT molecular complexity index is 1390. The van der Waals surface area contributed by atoms with Gasteiger partial charge in [-0.2, -0.15) is 0 Å². The van der Waals surface area contributed by atoms with Crippen molar-refractivity contribution in [3.8, 4) is 17.0 Å². The molecule has 3 heterocycles. The number of aromatic nitrogens is 2. The van der Waals surface area contributed by atoms with Crippen LogP contribution in [0.15, 0.2) is 81.5 Å². The summed E-state index contributed by atoms with van der Waals surface area (Å²) < 4.78 is 15.3. The van der Waals surface area contributed by atoms with E-state index in [-0.39, 0.29) is 11.3 Å². The Morgan fingerprint density at radius 3 is 2.35 bits per heavy atom. The number of carbonyl (C=O) groups is 2. The van der Waals surface area contributed by atoms with Crippen LogP contribution in [0, 0.1) is 6.92 Å². The molecule has 0 spiro atoms. The van der Waals surface area contributed by atoms with Gasteiger partial charge in [0.1, 0.15) is 41.0 Å². The van der Waals surface area contributed by atoms with Crippen molar-refractivity contribution in [2.75, 3.05) is 12.0 Å². The second kappa shape index (κ2) is 8.36. The predicted octanol–water partition coefficient (Wildman–Crippen LogP) is 4.27. The van der Waals surface area contributed by atoms with Gasteiger partial charge in [0.25, 0.3) is 11.7 Å². The van der Waals surface area contributed by atoms with E-state index in [2.05, 4.69) is 10.3 Å². The number of aliphatic hydroxyl groups is 1. The normalized spacial score (nSPS) is 17.4. The standard InChI is InChI=1S/C25H19N3O6/c1-14-13-20(27-34-14)22-21(23(29)16-5-9-18(32-2)10-6-16)24(30)25(31)28(22)17-7-3-15(4-8-17)19-11-12-33-26-19/h3-13,22,29H,1-2H3. The molecule has 1 aliphatic heterocycles. The average molecular weight is 457 g/mol. The molecule has 34 heavy (non-hydrogen) atoms. The number of anilines is 1. The molecule has 9 heteroatoms. The Morgan fingerprint density at radius 1 is 1.03 bits per heavy atom. The van der Waals surface area contributed by atoms with Gasteiger partial charge < -0.3 is 18.9 Å². The Morgan fingerprint density at radius 2 is 1.76 bits per heavy atom. The number of rotatable bonds is 5. The van der Waals surface area contributed by atoms with Gasteiger partial charge in [0.15, 0.2) is 0 Å². The van der Waals surface area contributed by atoms with Crippen molar-refractivity contribution < 1.29 is 28.5 Å². The number of hydrogen-bond acceptors (Lipinski definition) is 8. The van der Waals surface area contributed by atoms with Crippen LogP contribution >= 0.6 is 0 Å². The van der Waals surface area contributed by atoms with Crippen LogP contribution < -0.4 is 9.64 Å². The Kier molecular flexibility index (Phi) is 5.21. The molecule has 1 saturated heterocycles. The molecule has 0 bridgehead atoms. The number of methoxy groups -OCH3 is 1. The summed E-state index contributed by atoms with van der Waals surface area (Å²) in [5.41, 5.74) is 2.48. The van der Waals surface area contributed by atoms with E-state index < -0.39 is 17.7 Å². The first-order chi connectivity index (χ1) is 16.5. The van der Waals surface area contributed by atoms with E-state index in [0.29, 0.717) is 34.1 Å². The first-order valence-corrected chi connectivity index (χ1v) is 10.4. The summed E-state index contributed by atoms with van der Waals surface area (Å²) in [7, 11) is 1.53. The van der Waals surface area contributed by atoms with Gasteiger partial charge in [-0.1, -0.05) is 22.4 Å². The number of carbonyl (C=O) groups excluding carboxylic acids is 2. The summed E-state index contributed by atoms with van der Waals surface area (Å²) in [6.07, 6.45) is 1.47. The Hall–Kier alpha value is -4.66. The summed E-state index contributed by atoms with van der Waals surface area (Å²) >= 11 is 0. The van der Waals surface area contributed by atoms with Crippen molar-refractivity contribution in [3.63, 3.8) is 0 Å². The van der Waals surface area contributed by atoms with Crippen molar-refractivity contribution in [3.05, 3.63) is 89.5 Å². The third-order valence-corrected chi connectivity index (χ3v) is 5.61. The molecule has 1 atom stereocenters. The molecule has 9 nitrogen and oxygen atoms in total. The highest BCUT2D eigenvalue weighted by Gasteiger charge is 2.48. The molecule has 4 aromatic rings. The van der Waals surface area contributed by atoms with Gasteiger partial charge in [-0.3, -0.25) is 14.5 Å². The third-order valence-electron chi connectivity index (χ3n) is 5.61. The predicted molar refractivity (Wildman–Crippen MR) is 121 cm³/mol. The number of aliphatic hydroxyl groups excluding tert-OH is 1. The third kappa shape index (κ3) is 3.53. The van der Waals surface area contributed by atoms with E-state index in [4.69, 9.17) is 13.8 Å². The van der Waals surface area contributed by atoms with Crippen LogP contribution in [0.2, 0.25) is 0 Å². The van der Waals surface area contributed by atoms with E-state index in [1.165, 1.54) is 18.3 Å². The molecule has 5 rings (SSSR count). The minimum Gasteiger partial charge on any atom is -0.507 e. The van der Waals surface area contributed by atoms with Gasteiger partial charge in [-0.05, 0) is 43.3 Å². The zero-order valence-corrected chi connectivity index (χ0v) is 18.3. The van der Waals surface area contributed by atoms with Crippen LogP contribution in [-0.2, 0) is 9.59 Å². The molecular formula is C25H19N3O6. The van der Waals surface area contributed by atoms with Crippen LogP contribution in [0.3, 0.4) is 0 Å². The van der Waals surface area contributed by atoms with Crippen LogP contribution in [-0.4, -0.2) is 34.2 Å². The van der Waals surface area contributed by atoms with E-state index in [1.54, 1.807) is 67.6 Å². The van der Waals surface area contributed by atoms with Crippen molar-refractivity contribution >= 4 is 23.1 Å². The fourth-order valence-electron chi connectivity index (χ4n) is 3.95. The van der Waals surface area contributed by atoms with E-state index >= 15 is 0 Å².